The van der Waals surface area contributed by atoms with E-state index in [1.165, 1.54) is 11.6 Å². The average Bonchev–Trinajstić information content (AvgIpc) is 2.33. The molecule has 2 aromatic rings. The topological polar surface area (TPSA) is 22.1 Å². The van der Waals surface area contributed by atoms with Crippen molar-refractivity contribution in [2.75, 3.05) is 0 Å². The second-order valence-electron chi connectivity index (χ2n) is 4.63. The molecule has 0 amide bonds. The van der Waals surface area contributed by atoms with Crippen LogP contribution in [0.5, 0.6) is 11.6 Å². The molecule has 0 saturated heterocycles. The molecule has 2 rings (SSSR count). The van der Waals surface area contributed by atoms with Crippen LogP contribution in [0.3, 0.4) is 0 Å². The monoisotopic (exact) mass is 245 g/mol. The third-order valence-electron chi connectivity index (χ3n) is 2.71. The standard InChI is InChI=1S/C15H16FNO/c1-10(2)12-4-6-13(7-5-12)18-15-14(16)8-11(3)9-17-15/h4-10H,1-3H3. The van der Waals surface area contributed by atoms with Crippen molar-refractivity contribution in [3.63, 3.8) is 0 Å². The second-order valence-corrected chi connectivity index (χ2v) is 4.63. The highest BCUT2D eigenvalue weighted by Gasteiger charge is 2.07. The van der Waals surface area contributed by atoms with Gasteiger partial charge < -0.3 is 4.74 Å². The Morgan fingerprint density at radius 1 is 1.17 bits per heavy atom. The quantitative estimate of drug-likeness (QED) is 0.797. The van der Waals surface area contributed by atoms with Gasteiger partial charge in [-0.2, -0.15) is 0 Å². The van der Waals surface area contributed by atoms with Crippen molar-refractivity contribution in [3.05, 3.63) is 53.5 Å². The fraction of sp³-hybridized carbons (Fsp3) is 0.267. The van der Waals surface area contributed by atoms with E-state index >= 15 is 0 Å². The normalized spacial score (nSPS) is 10.7. The maximum Gasteiger partial charge on any atom is 0.255 e. The molecule has 0 bridgehead atoms. The summed E-state index contributed by atoms with van der Waals surface area (Å²) in [4.78, 5) is 3.93. The van der Waals surface area contributed by atoms with Crippen LogP contribution in [-0.2, 0) is 0 Å². The third-order valence-corrected chi connectivity index (χ3v) is 2.71. The van der Waals surface area contributed by atoms with Gasteiger partial charge in [-0.25, -0.2) is 9.37 Å². The zero-order valence-corrected chi connectivity index (χ0v) is 10.8. The van der Waals surface area contributed by atoms with E-state index in [1.807, 2.05) is 24.3 Å². The van der Waals surface area contributed by atoms with E-state index in [1.54, 1.807) is 13.1 Å². The van der Waals surface area contributed by atoms with Crippen LogP contribution in [0.2, 0.25) is 0 Å². The predicted octanol–water partition coefficient (Wildman–Crippen LogP) is 4.44. The summed E-state index contributed by atoms with van der Waals surface area (Å²) in [5.41, 5.74) is 2.00. The molecule has 0 fully saturated rings. The summed E-state index contributed by atoms with van der Waals surface area (Å²) in [6.07, 6.45) is 1.58. The van der Waals surface area contributed by atoms with E-state index in [-0.39, 0.29) is 5.88 Å². The molecule has 0 saturated carbocycles. The maximum atomic E-state index is 13.6. The number of rotatable bonds is 3. The van der Waals surface area contributed by atoms with Gasteiger partial charge in [0.25, 0.3) is 5.88 Å². The Kier molecular flexibility index (Phi) is 3.60. The first kappa shape index (κ1) is 12.6. The first-order valence-electron chi connectivity index (χ1n) is 5.96. The molecule has 0 aliphatic heterocycles. The Balaban J connectivity index is 2.18. The lowest BCUT2D eigenvalue weighted by molar-refractivity contribution is 0.422. The lowest BCUT2D eigenvalue weighted by Gasteiger charge is -2.08. The molecule has 94 valence electrons. The molecule has 0 unspecified atom stereocenters. The number of hydrogen-bond donors (Lipinski definition) is 0. The largest absolute Gasteiger partial charge is 0.436 e. The highest BCUT2D eigenvalue weighted by Crippen LogP contribution is 2.24. The van der Waals surface area contributed by atoms with Gasteiger partial charge in [-0.15, -0.1) is 0 Å². The first-order valence-corrected chi connectivity index (χ1v) is 5.96. The number of aryl methyl sites for hydroxylation is 1. The fourth-order valence-corrected chi connectivity index (χ4v) is 1.63. The zero-order chi connectivity index (χ0) is 13.1. The summed E-state index contributed by atoms with van der Waals surface area (Å²) in [5, 5.41) is 0. The summed E-state index contributed by atoms with van der Waals surface area (Å²) < 4.78 is 19.0. The van der Waals surface area contributed by atoms with Gasteiger partial charge in [0.05, 0.1) is 0 Å². The van der Waals surface area contributed by atoms with Gasteiger partial charge in [-0.1, -0.05) is 26.0 Å². The van der Waals surface area contributed by atoms with Crippen LogP contribution in [-0.4, -0.2) is 4.98 Å². The lowest BCUT2D eigenvalue weighted by atomic mass is 10.0. The van der Waals surface area contributed by atoms with Crippen LogP contribution in [0, 0.1) is 12.7 Å². The van der Waals surface area contributed by atoms with E-state index in [9.17, 15) is 4.39 Å². The van der Waals surface area contributed by atoms with Crippen molar-refractivity contribution in [3.8, 4) is 11.6 Å². The van der Waals surface area contributed by atoms with E-state index in [0.29, 0.717) is 11.7 Å². The maximum absolute atomic E-state index is 13.6. The van der Waals surface area contributed by atoms with Crippen molar-refractivity contribution < 1.29 is 9.13 Å². The Morgan fingerprint density at radius 2 is 1.83 bits per heavy atom. The summed E-state index contributed by atoms with van der Waals surface area (Å²) in [6.45, 7) is 6.03. The molecule has 3 heteroatoms. The Bertz CT molecular complexity index is 535. The fourth-order valence-electron chi connectivity index (χ4n) is 1.63. The number of hydrogen-bond acceptors (Lipinski definition) is 2. The molecular weight excluding hydrogens is 229 g/mol. The highest BCUT2D eigenvalue weighted by molar-refractivity contribution is 5.32. The Morgan fingerprint density at radius 3 is 2.39 bits per heavy atom. The average molecular weight is 245 g/mol. The van der Waals surface area contributed by atoms with Crippen LogP contribution < -0.4 is 4.74 Å². The van der Waals surface area contributed by atoms with Crippen molar-refractivity contribution in [2.24, 2.45) is 0 Å². The molecule has 0 N–H and O–H groups in total. The third kappa shape index (κ3) is 2.86. The molecular formula is C15H16FNO. The van der Waals surface area contributed by atoms with E-state index in [4.69, 9.17) is 4.74 Å². The van der Waals surface area contributed by atoms with Gasteiger partial charge >= 0.3 is 0 Å². The van der Waals surface area contributed by atoms with Crippen LogP contribution in [0.25, 0.3) is 0 Å². The lowest BCUT2D eigenvalue weighted by Crippen LogP contribution is -1.93. The molecule has 0 aliphatic rings. The molecule has 1 heterocycles. The summed E-state index contributed by atoms with van der Waals surface area (Å²) in [6, 6.07) is 9.02. The Labute approximate surface area is 106 Å². The summed E-state index contributed by atoms with van der Waals surface area (Å²) >= 11 is 0. The van der Waals surface area contributed by atoms with Crippen LogP contribution in [0.15, 0.2) is 36.5 Å². The number of halogens is 1. The minimum Gasteiger partial charge on any atom is -0.436 e. The van der Waals surface area contributed by atoms with Gasteiger partial charge in [0.15, 0.2) is 5.82 Å². The smallest absolute Gasteiger partial charge is 0.255 e. The van der Waals surface area contributed by atoms with Crippen LogP contribution in [0.1, 0.15) is 30.9 Å². The second kappa shape index (κ2) is 5.17. The predicted molar refractivity (Wildman–Crippen MR) is 69.5 cm³/mol. The number of nitrogens with zero attached hydrogens (tertiary/aromatic N) is 1. The molecule has 18 heavy (non-hydrogen) atoms. The molecule has 0 spiro atoms. The number of pyridine rings is 1. The van der Waals surface area contributed by atoms with Crippen molar-refractivity contribution in [1.82, 2.24) is 4.98 Å². The van der Waals surface area contributed by atoms with Gasteiger partial charge in [-0.3, -0.25) is 0 Å². The number of aromatic nitrogens is 1. The van der Waals surface area contributed by atoms with Crippen molar-refractivity contribution in [1.29, 1.82) is 0 Å². The molecule has 1 aromatic carbocycles. The Hall–Kier alpha value is -1.90. The number of ether oxygens (including phenoxy) is 1. The van der Waals surface area contributed by atoms with Crippen molar-refractivity contribution >= 4 is 0 Å². The van der Waals surface area contributed by atoms with Crippen molar-refractivity contribution in [2.45, 2.75) is 26.7 Å². The summed E-state index contributed by atoms with van der Waals surface area (Å²) in [7, 11) is 0. The van der Waals surface area contributed by atoms with Crippen LogP contribution >= 0.6 is 0 Å². The zero-order valence-electron chi connectivity index (χ0n) is 10.8. The minimum atomic E-state index is -0.442. The number of benzene rings is 1. The highest BCUT2D eigenvalue weighted by atomic mass is 19.1. The SMILES string of the molecule is Cc1cnc(Oc2ccc(C(C)C)cc2)c(F)c1. The molecule has 0 atom stereocenters. The first-order chi connectivity index (χ1) is 8.56. The molecule has 2 nitrogen and oxygen atoms in total. The van der Waals surface area contributed by atoms with Gasteiger partial charge in [0, 0.05) is 6.20 Å². The van der Waals surface area contributed by atoms with E-state index in [0.717, 1.165) is 5.56 Å². The van der Waals surface area contributed by atoms with Gasteiger partial charge in [0.1, 0.15) is 5.75 Å². The van der Waals surface area contributed by atoms with E-state index < -0.39 is 5.82 Å². The molecule has 0 aliphatic carbocycles. The van der Waals surface area contributed by atoms with Gasteiger partial charge in [0.2, 0.25) is 0 Å². The van der Waals surface area contributed by atoms with Gasteiger partial charge in [-0.05, 0) is 42.2 Å². The minimum absolute atomic E-state index is 0.0119. The molecule has 1 aromatic heterocycles. The summed E-state index contributed by atoms with van der Waals surface area (Å²) in [5.74, 6) is 0.628. The van der Waals surface area contributed by atoms with Crippen LogP contribution in [0.4, 0.5) is 4.39 Å². The molecule has 0 radical (unpaired) electrons. The van der Waals surface area contributed by atoms with E-state index in [2.05, 4.69) is 18.8 Å².